The molecule has 0 aromatic heterocycles. The predicted molar refractivity (Wildman–Crippen MR) is 56.5 cm³/mol. The monoisotopic (exact) mass is 214 g/mol. The number of nitrogens with zero attached hydrogens (tertiary/aromatic N) is 1. The van der Waals surface area contributed by atoms with Crippen LogP contribution in [0.4, 0.5) is 8.78 Å². The van der Waals surface area contributed by atoms with Crippen LogP contribution in [0.15, 0.2) is 18.2 Å². The molecule has 0 saturated heterocycles. The molecule has 0 amide bonds. The summed E-state index contributed by atoms with van der Waals surface area (Å²) < 4.78 is 26.3. The molecule has 0 bridgehead atoms. The molecule has 0 aliphatic rings. The Morgan fingerprint density at radius 1 is 1.33 bits per heavy atom. The van der Waals surface area contributed by atoms with E-state index in [0.717, 1.165) is 6.07 Å². The number of benzene rings is 1. The molecule has 0 radical (unpaired) electrons. The SMILES string of the molecule is CN(C)C(C)(CN)c1ccc(F)cc1F. The Balaban J connectivity index is 3.24. The van der Waals surface area contributed by atoms with Crippen molar-refractivity contribution in [3.05, 3.63) is 35.4 Å². The lowest BCUT2D eigenvalue weighted by Crippen LogP contribution is -2.45. The first-order chi connectivity index (χ1) is 6.91. The van der Waals surface area contributed by atoms with E-state index < -0.39 is 17.2 Å². The third kappa shape index (κ3) is 2.16. The van der Waals surface area contributed by atoms with E-state index in [4.69, 9.17) is 5.73 Å². The van der Waals surface area contributed by atoms with Gasteiger partial charge in [0.1, 0.15) is 11.6 Å². The van der Waals surface area contributed by atoms with Crippen LogP contribution < -0.4 is 5.73 Å². The second-order valence-corrected chi connectivity index (χ2v) is 4.00. The minimum absolute atomic E-state index is 0.266. The maximum absolute atomic E-state index is 13.6. The van der Waals surface area contributed by atoms with Crippen LogP contribution >= 0.6 is 0 Å². The van der Waals surface area contributed by atoms with Crippen molar-refractivity contribution in [2.75, 3.05) is 20.6 Å². The average molecular weight is 214 g/mol. The van der Waals surface area contributed by atoms with Crippen LogP contribution in [-0.4, -0.2) is 25.5 Å². The summed E-state index contributed by atoms with van der Waals surface area (Å²) >= 11 is 0. The van der Waals surface area contributed by atoms with Crippen molar-refractivity contribution < 1.29 is 8.78 Å². The smallest absolute Gasteiger partial charge is 0.131 e. The van der Waals surface area contributed by atoms with Crippen molar-refractivity contribution in [1.82, 2.24) is 4.90 Å². The van der Waals surface area contributed by atoms with Crippen LogP contribution in [-0.2, 0) is 5.54 Å². The van der Waals surface area contributed by atoms with Crippen LogP contribution in [0.3, 0.4) is 0 Å². The highest BCUT2D eigenvalue weighted by molar-refractivity contribution is 5.26. The van der Waals surface area contributed by atoms with E-state index in [2.05, 4.69) is 0 Å². The molecule has 0 spiro atoms. The average Bonchev–Trinajstić information content (AvgIpc) is 2.16. The van der Waals surface area contributed by atoms with Gasteiger partial charge in [-0.2, -0.15) is 0 Å². The Bertz CT molecular complexity index is 352. The van der Waals surface area contributed by atoms with Gasteiger partial charge in [-0.3, -0.25) is 4.90 Å². The summed E-state index contributed by atoms with van der Waals surface area (Å²) in [5, 5.41) is 0. The third-order valence-corrected chi connectivity index (χ3v) is 2.90. The fourth-order valence-corrected chi connectivity index (χ4v) is 1.46. The molecule has 1 aromatic rings. The van der Waals surface area contributed by atoms with Gasteiger partial charge >= 0.3 is 0 Å². The molecular weight excluding hydrogens is 198 g/mol. The molecule has 1 aromatic carbocycles. The van der Waals surface area contributed by atoms with Crippen molar-refractivity contribution in [3.63, 3.8) is 0 Å². The van der Waals surface area contributed by atoms with Crippen molar-refractivity contribution in [1.29, 1.82) is 0 Å². The summed E-state index contributed by atoms with van der Waals surface area (Å²) in [5.41, 5.74) is 5.44. The van der Waals surface area contributed by atoms with Crippen molar-refractivity contribution >= 4 is 0 Å². The summed E-state index contributed by atoms with van der Waals surface area (Å²) in [6.07, 6.45) is 0. The van der Waals surface area contributed by atoms with E-state index in [-0.39, 0.29) is 6.54 Å². The Hall–Kier alpha value is -1.00. The van der Waals surface area contributed by atoms with Gasteiger partial charge in [0.2, 0.25) is 0 Å². The first-order valence-electron chi connectivity index (χ1n) is 4.75. The molecule has 0 aliphatic heterocycles. The number of hydrogen-bond acceptors (Lipinski definition) is 2. The van der Waals surface area contributed by atoms with Crippen molar-refractivity contribution in [2.24, 2.45) is 5.73 Å². The van der Waals surface area contributed by atoms with Gasteiger partial charge in [-0.1, -0.05) is 6.07 Å². The first kappa shape index (κ1) is 12.1. The largest absolute Gasteiger partial charge is 0.328 e. The predicted octanol–water partition coefficient (Wildman–Crippen LogP) is 1.70. The number of likely N-dealkylation sites (N-methyl/N-ethyl adjacent to an activating group) is 1. The number of rotatable bonds is 3. The molecule has 4 heteroatoms. The Morgan fingerprint density at radius 3 is 2.33 bits per heavy atom. The molecule has 1 atom stereocenters. The molecule has 0 saturated carbocycles. The summed E-state index contributed by atoms with van der Waals surface area (Å²) in [7, 11) is 3.63. The van der Waals surface area contributed by atoms with E-state index in [0.29, 0.717) is 5.56 Å². The number of nitrogens with two attached hydrogens (primary N) is 1. The fourth-order valence-electron chi connectivity index (χ4n) is 1.46. The molecule has 0 heterocycles. The lowest BCUT2D eigenvalue weighted by atomic mass is 9.90. The first-order valence-corrected chi connectivity index (χ1v) is 4.75. The maximum atomic E-state index is 13.6. The topological polar surface area (TPSA) is 29.3 Å². The zero-order valence-electron chi connectivity index (χ0n) is 9.22. The van der Waals surface area contributed by atoms with Crippen LogP contribution in [0, 0.1) is 11.6 Å². The van der Waals surface area contributed by atoms with Crippen LogP contribution in [0.25, 0.3) is 0 Å². The van der Waals surface area contributed by atoms with Gasteiger partial charge in [-0.25, -0.2) is 8.78 Å². The van der Waals surface area contributed by atoms with E-state index in [9.17, 15) is 8.78 Å². The molecule has 15 heavy (non-hydrogen) atoms. The van der Waals surface area contributed by atoms with E-state index in [1.54, 1.807) is 0 Å². The van der Waals surface area contributed by atoms with E-state index in [1.165, 1.54) is 12.1 Å². The van der Waals surface area contributed by atoms with Gasteiger partial charge in [0, 0.05) is 18.2 Å². The second kappa shape index (κ2) is 4.24. The van der Waals surface area contributed by atoms with E-state index in [1.807, 2.05) is 25.9 Å². The highest BCUT2D eigenvalue weighted by Gasteiger charge is 2.30. The van der Waals surface area contributed by atoms with Gasteiger partial charge in [0.25, 0.3) is 0 Å². The molecule has 1 unspecified atom stereocenters. The molecule has 0 fully saturated rings. The molecule has 84 valence electrons. The minimum atomic E-state index is -0.613. The molecule has 0 aliphatic carbocycles. The molecule has 1 rings (SSSR count). The van der Waals surface area contributed by atoms with Crippen LogP contribution in [0.5, 0.6) is 0 Å². The summed E-state index contributed by atoms with van der Waals surface area (Å²) in [5.74, 6) is -1.13. The standard InChI is InChI=1S/C11H16F2N2/c1-11(7-14,15(2)3)9-5-4-8(12)6-10(9)13/h4-6H,7,14H2,1-3H3. The zero-order valence-corrected chi connectivity index (χ0v) is 9.22. The summed E-state index contributed by atoms with van der Waals surface area (Å²) in [6, 6.07) is 3.57. The van der Waals surface area contributed by atoms with Gasteiger partial charge in [0.05, 0.1) is 5.54 Å². The van der Waals surface area contributed by atoms with Crippen LogP contribution in [0.1, 0.15) is 12.5 Å². The Morgan fingerprint density at radius 2 is 1.93 bits per heavy atom. The van der Waals surface area contributed by atoms with Gasteiger partial charge < -0.3 is 5.73 Å². The normalized spacial score (nSPS) is 15.4. The second-order valence-electron chi connectivity index (χ2n) is 4.00. The zero-order chi connectivity index (χ0) is 11.6. The summed E-state index contributed by atoms with van der Waals surface area (Å²) in [6.45, 7) is 2.09. The number of halogens is 2. The highest BCUT2D eigenvalue weighted by atomic mass is 19.1. The van der Waals surface area contributed by atoms with Gasteiger partial charge in [0.15, 0.2) is 0 Å². The molecule has 2 N–H and O–H groups in total. The highest BCUT2D eigenvalue weighted by Crippen LogP contribution is 2.27. The lowest BCUT2D eigenvalue weighted by molar-refractivity contribution is 0.177. The maximum Gasteiger partial charge on any atom is 0.131 e. The fraction of sp³-hybridized carbons (Fsp3) is 0.455. The number of hydrogen-bond donors (Lipinski definition) is 1. The molecule has 2 nitrogen and oxygen atoms in total. The Kier molecular flexibility index (Phi) is 3.42. The van der Waals surface area contributed by atoms with Crippen molar-refractivity contribution in [2.45, 2.75) is 12.5 Å². The third-order valence-electron chi connectivity index (χ3n) is 2.90. The van der Waals surface area contributed by atoms with Gasteiger partial charge in [-0.05, 0) is 27.1 Å². The Labute approximate surface area is 88.7 Å². The minimum Gasteiger partial charge on any atom is -0.328 e. The van der Waals surface area contributed by atoms with Crippen molar-refractivity contribution in [3.8, 4) is 0 Å². The lowest BCUT2D eigenvalue weighted by Gasteiger charge is -2.36. The van der Waals surface area contributed by atoms with Crippen LogP contribution in [0.2, 0.25) is 0 Å². The summed E-state index contributed by atoms with van der Waals surface area (Å²) in [4.78, 5) is 1.82. The van der Waals surface area contributed by atoms with Gasteiger partial charge in [-0.15, -0.1) is 0 Å². The van der Waals surface area contributed by atoms with E-state index >= 15 is 0 Å². The quantitative estimate of drug-likeness (QED) is 0.829. The molecular formula is C11H16F2N2.